The van der Waals surface area contributed by atoms with Crippen LogP contribution in [0.15, 0.2) is 115 Å². The van der Waals surface area contributed by atoms with Crippen LogP contribution >= 0.6 is 34.8 Å². The van der Waals surface area contributed by atoms with E-state index >= 15 is 0 Å². The van der Waals surface area contributed by atoms with Crippen molar-refractivity contribution in [1.29, 1.82) is 0 Å². The number of ether oxygens (including phenoxy) is 1. The third-order valence-electron chi connectivity index (χ3n) is 10.0. The number of amides is 4. The fraction of sp³-hybridized carbons (Fsp3) is 0.167. The van der Waals surface area contributed by atoms with Crippen LogP contribution in [0.4, 0.5) is 16.2 Å². The van der Waals surface area contributed by atoms with Gasteiger partial charge in [-0.2, -0.15) is 0 Å². The molecule has 0 aliphatic carbocycles. The van der Waals surface area contributed by atoms with Crippen LogP contribution in [0.25, 0.3) is 6.08 Å². The molecule has 0 radical (unpaired) electrons. The Hall–Kier alpha value is -5.08. The summed E-state index contributed by atoms with van der Waals surface area (Å²) < 4.78 is 6.10. The molecule has 7 nitrogen and oxygen atoms in total. The molecule has 5 aromatic carbocycles. The highest BCUT2D eigenvalue weighted by molar-refractivity contribution is 6.39. The van der Waals surface area contributed by atoms with Gasteiger partial charge in [-0.25, -0.2) is 9.69 Å². The Labute approximate surface area is 316 Å². The standard InChI is InChI=1S/C42H32Cl3N3O4/c43-29-13-14-38(52-24-27-11-12-30(44)21-37(27)45)28(19-29)20-36-40(49)46-42(51)48(41(36)50)31-22-34-32(25-7-3-1-4-8-25)15-17-47-18-16-33(35(23-31)39(34)47)26-9-5-2-6-10-26/h1-14,19-23,32-33H,15-18,24H2,(H,46,49,51)/b36-20+/t32-,33-/m1/s1. The van der Waals surface area contributed by atoms with Crippen molar-refractivity contribution in [1.82, 2.24) is 5.32 Å². The molecule has 10 heteroatoms. The lowest BCUT2D eigenvalue weighted by Crippen LogP contribution is -2.54. The fourth-order valence-electron chi connectivity index (χ4n) is 7.57. The summed E-state index contributed by atoms with van der Waals surface area (Å²) in [6.07, 6.45) is 3.18. The quantitative estimate of drug-likeness (QED) is 0.133. The number of halogens is 3. The van der Waals surface area contributed by atoms with Gasteiger partial charge < -0.3 is 9.64 Å². The van der Waals surface area contributed by atoms with Crippen LogP contribution in [-0.4, -0.2) is 30.9 Å². The molecule has 1 fully saturated rings. The number of nitrogens with zero attached hydrogens (tertiary/aromatic N) is 2. The van der Waals surface area contributed by atoms with Crippen molar-refractivity contribution in [2.75, 3.05) is 22.9 Å². The van der Waals surface area contributed by atoms with Crippen LogP contribution in [0.2, 0.25) is 15.1 Å². The molecule has 1 N–H and O–H groups in total. The Morgan fingerprint density at radius 3 is 1.94 bits per heavy atom. The minimum atomic E-state index is -0.812. The number of imide groups is 2. The zero-order valence-electron chi connectivity index (χ0n) is 27.8. The van der Waals surface area contributed by atoms with Gasteiger partial charge >= 0.3 is 6.03 Å². The molecule has 1 saturated heterocycles. The zero-order chi connectivity index (χ0) is 35.9. The number of anilines is 2. The van der Waals surface area contributed by atoms with Gasteiger partial charge in [-0.15, -0.1) is 0 Å². The number of rotatable bonds is 7. The van der Waals surface area contributed by atoms with Crippen LogP contribution in [0.1, 0.15) is 58.1 Å². The van der Waals surface area contributed by atoms with Crippen LogP contribution < -0.4 is 19.9 Å². The fourth-order valence-corrected chi connectivity index (χ4v) is 8.22. The van der Waals surface area contributed by atoms with E-state index < -0.39 is 17.8 Å². The molecule has 8 rings (SSSR count). The number of hydrogen-bond donors (Lipinski definition) is 1. The molecule has 260 valence electrons. The Morgan fingerprint density at radius 2 is 1.33 bits per heavy atom. The number of carbonyl (C=O) groups is 3. The molecule has 3 aliphatic heterocycles. The molecule has 0 spiro atoms. The first-order valence-corrected chi connectivity index (χ1v) is 18.2. The number of urea groups is 1. The van der Waals surface area contributed by atoms with Gasteiger partial charge in [0.1, 0.15) is 17.9 Å². The van der Waals surface area contributed by atoms with Crippen molar-refractivity contribution in [2.45, 2.75) is 31.3 Å². The summed E-state index contributed by atoms with van der Waals surface area (Å²) in [5.41, 5.74) is 6.85. The second-order valence-electron chi connectivity index (χ2n) is 13.1. The molecular formula is C42H32Cl3N3O4. The van der Waals surface area contributed by atoms with Crippen molar-refractivity contribution in [3.05, 3.63) is 163 Å². The van der Waals surface area contributed by atoms with Crippen LogP contribution in [0.5, 0.6) is 5.75 Å². The normalized spacial score (nSPS) is 19.1. The summed E-state index contributed by atoms with van der Waals surface area (Å²) in [6, 6.07) is 33.7. The Bertz CT molecular complexity index is 2190. The average Bonchev–Trinajstić information content (AvgIpc) is 3.14. The first-order chi connectivity index (χ1) is 25.2. The third kappa shape index (κ3) is 6.45. The van der Waals surface area contributed by atoms with Crippen LogP contribution in [0.3, 0.4) is 0 Å². The van der Waals surface area contributed by atoms with E-state index in [1.165, 1.54) is 17.2 Å². The number of carbonyl (C=O) groups excluding carboxylic acids is 3. The second-order valence-corrected chi connectivity index (χ2v) is 14.4. The number of barbiturate groups is 1. The summed E-state index contributed by atoms with van der Waals surface area (Å²) in [6.45, 7) is 1.90. The van der Waals surface area contributed by atoms with Crippen molar-refractivity contribution in [2.24, 2.45) is 0 Å². The van der Waals surface area contributed by atoms with Crippen molar-refractivity contribution >= 4 is 70.1 Å². The van der Waals surface area contributed by atoms with Gasteiger partial charge in [0.05, 0.1) is 5.69 Å². The SMILES string of the molecule is O=C1NC(=O)N(c2cc3c4c(c2)[C@@H](c2ccccc2)CCN4CC[C@@H]3c2ccccc2)C(=O)/C1=C/c1cc(Cl)ccc1OCc1ccc(Cl)cc1Cl. The summed E-state index contributed by atoms with van der Waals surface area (Å²) >= 11 is 18.8. The molecule has 0 aromatic heterocycles. The lowest BCUT2D eigenvalue weighted by atomic mass is 9.76. The Morgan fingerprint density at radius 1 is 0.731 bits per heavy atom. The zero-order valence-corrected chi connectivity index (χ0v) is 30.1. The summed E-state index contributed by atoms with van der Waals surface area (Å²) in [5.74, 6) is -1.08. The van der Waals surface area contributed by atoms with Gasteiger partial charge in [0, 0.05) is 56.8 Å². The molecule has 0 saturated carbocycles. The summed E-state index contributed by atoms with van der Waals surface area (Å²) in [5, 5.41) is 3.71. The number of hydrogen-bond acceptors (Lipinski definition) is 5. The highest BCUT2D eigenvalue weighted by atomic mass is 35.5. The first kappa shape index (κ1) is 34.0. The molecule has 3 aliphatic rings. The van der Waals surface area contributed by atoms with Crippen LogP contribution in [0, 0.1) is 0 Å². The second kappa shape index (κ2) is 14.2. The van der Waals surface area contributed by atoms with Gasteiger partial charge in [0.25, 0.3) is 11.8 Å². The molecule has 5 aromatic rings. The van der Waals surface area contributed by atoms with Gasteiger partial charge in [-0.1, -0.05) is 102 Å². The van der Waals surface area contributed by atoms with E-state index in [0.29, 0.717) is 37.6 Å². The molecule has 4 amide bonds. The Balaban J connectivity index is 1.21. The van der Waals surface area contributed by atoms with Gasteiger partial charge in [0.2, 0.25) is 0 Å². The minimum Gasteiger partial charge on any atom is -0.488 e. The van der Waals surface area contributed by atoms with E-state index in [4.69, 9.17) is 39.5 Å². The van der Waals surface area contributed by atoms with Crippen LogP contribution in [-0.2, 0) is 16.2 Å². The molecule has 2 atom stereocenters. The first-order valence-electron chi connectivity index (χ1n) is 17.1. The lowest BCUT2D eigenvalue weighted by molar-refractivity contribution is -0.122. The monoisotopic (exact) mass is 747 g/mol. The number of benzene rings is 5. The average molecular weight is 749 g/mol. The predicted octanol–water partition coefficient (Wildman–Crippen LogP) is 9.77. The summed E-state index contributed by atoms with van der Waals surface area (Å²) in [7, 11) is 0. The maximum Gasteiger partial charge on any atom is 0.335 e. The van der Waals surface area contributed by atoms with E-state index in [1.54, 1.807) is 36.4 Å². The predicted molar refractivity (Wildman–Crippen MR) is 206 cm³/mol. The van der Waals surface area contributed by atoms with E-state index in [-0.39, 0.29) is 24.0 Å². The maximum atomic E-state index is 14.4. The van der Waals surface area contributed by atoms with Gasteiger partial charge in [-0.05, 0) is 83.6 Å². The molecule has 52 heavy (non-hydrogen) atoms. The van der Waals surface area contributed by atoms with Gasteiger partial charge in [-0.3, -0.25) is 14.9 Å². The van der Waals surface area contributed by atoms with Gasteiger partial charge in [0.15, 0.2) is 0 Å². The molecule has 0 bridgehead atoms. The summed E-state index contributed by atoms with van der Waals surface area (Å²) in [4.78, 5) is 45.0. The highest BCUT2D eigenvalue weighted by Gasteiger charge is 2.40. The van der Waals surface area contributed by atoms with E-state index in [1.807, 2.05) is 48.5 Å². The van der Waals surface area contributed by atoms with Crippen molar-refractivity contribution < 1.29 is 19.1 Å². The molecule has 3 heterocycles. The number of nitrogens with one attached hydrogen (secondary N) is 1. The maximum absolute atomic E-state index is 14.4. The van der Waals surface area contributed by atoms with E-state index in [2.05, 4.69) is 34.5 Å². The molecular weight excluding hydrogens is 717 g/mol. The third-order valence-corrected chi connectivity index (χ3v) is 10.9. The minimum absolute atomic E-state index is 0.0561. The van der Waals surface area contributed by atoms with E-state index in [0.717, 1.165) is 47.6 Å². The highest BCUT2D eigenvalue weighted by Crippen LogP contribution is 2.50. The Kier molecular flexibility index (Phi) is 9.26. The van der Waals surface area contributed by atoms with Crippen molar-refractivity contribution in [3.8, 4) is 5.75 Å². The van der Waals surface area contributed by atoms with Crippen molar-refractivity contribution in [3.63, 3.8) is 0 Å². The smallest absolute Gasteiger partial charge is 0.335 e. The topological polar surface area (TPSA) is 79.0 Å². The van der Waals surface area contributed by atoms with E-state index in [9.17, 15) is 14.4 Å². The lowest BCUT2D eigenvalue weighted by Gasteiger charge is -2.44. The largest absolute Gasteiger partial charge is 0.488 e. The molecule has 0 unspecified atom stereocenters.